The van der Waals surface area contributed by atoms with E-state index in [4.69, 9.17) is 9.98 Å². The molecule has 0 bridgehead atoms. The van der Waals surface area contributed by atoms with Crippen molar-refractivity contribution in [3.8, 4) is 0 Å². The van der Waals surface area contributed by atoms with Crippen LogP contribution in [0.3, 0.4) is 0 Å². The van der Waals surface area contributed by atoms with Crippen molar-refractivity contribution < 1.29 is 0 Å². The van der Waals surface area contributed by atoms with E-state index >= 15 is 0 Å². The summed E-state index contributed by atoms with van der Waals surface area (Å²) >= 11 is 0. The molecule has 2 aliphatic rings. The van der Waals surface area contributed by atoms with Crippen LogP contribution >= 0.6 is 0 Å². The Hall–Kier alpha value is -3.66. The lowest BCUT2D eigenvalue weighted by molar-refractivity contribution is 1.21. The van der Waals surface area contributed by atoms with Gasteiger partial charge in [0.05, 0.1) is 22.7 Å². The van der Waals surface area contributed by atoms with Crippen molar-refractivity contribution in [2.45, 2.75) is 0 Å². The van der Waals surface area contributed by atoms with Gasteiger partial charge in [0.2, 0.25) is 0 Å². The normalized spacial score (nSPS) is 15.1. The highest BCUT2D eigenvalue weighted by Crippen LogP contribution is 2.41. The van der Waals surface area contributed by atoms with Crippen molar-refractivity contribution in [3.05, 3.63) is 72.8 Å². The first-order valence-corrected chi connectivity index (χ1v) is 9.41. The third-order valence-electron chi connectivity index (χ3n) is 5.73. The molecule has 4 aromatic carbocycles. The Kier molecular flexibility index (Phi) is 2.98. The monoisotopic (exact) mass is 362 g/mol. The van der Waals surface area contributed by atoms with Crippen LogP contribution in [-0.4, -0.2) is 25.8 Å². The fourth-order valence-corrected chi connectivity index (χ4v) is 4.36. The van der Waals surface area contributed by atoms with Crippen LogP contribution in [0.4, 0.5) is 22.7 Å². The van der Waals surface area contributed by atoms with Crippen molar-refractivity contribution in [1.82, 2.24) is 0 Å². The molecule has 0 N–H and O–H groups in total. The van der Waals surface area contributed by atoms with Gasteiger partial charge < -0.3 is 9.80 Å². The zero-order valence-electron chi connectivity index (χ0n) is 15.7. The maximum Gasteiger partial charge on any atom is 0.177 e. The Bertz CT molecular complexity index is 1230. The third kappa shape index (κ3) is 1.94. The molecule has 0 saturated heterocycles. The van der Waals surface area contributed by atoms with Gasteiger partial charge in [0.15, 0.2) is 11.7 Å². The molecule has 0 amide bonds. The summed E-state index contributed by atoms with van der Waals surface area (Å²) in [6, 6.07) is 25.3. The molecular weight excluding hydrogens is 344 g/mol. The summed E-state index contributed by atoms with van der Waals surface area (Å²) in [7, 11) is 4.14. The molecule has 4 aromatic rings. The molecule has 4 heteroatoms. The number of benzene rings is 4. The van der Waals surface area contributed by atoms with Crippen LogP contribution in [0.2, 0.25) is 0 Å². The van der Waals surface area contributed by atoms with Crippen LogP contribution < -0.4 is 9.80 Å². The van der Waals surface area contributed by atoms with Gasteiger partial charge in [0.25, 0.3) is 0 Å². The van der Waals surface area contributed by atoms with Crippen molar-refractivity contribution >= 4 is 56.0 Å². The van der Waals surface area contributed by atoms with Crippen molar-refractivity contribution in [3.63, 3.8) is 0 Å². The first-order chi connectivity index (χ1) is 13.7. The van der Waals surface area contributed by atoms with Gasteiger partial charge in [-0.25, -0.2) is 9.98 Å². The van der Waals surface area contributed by atoms with E-state index in [0.717, 1.165) is 34.4 Å². The van der Waals surface area contributed by atoms with Gasteiger partial charge in [-0.1, -0.05) is 48.5 Å². The third-order valence-corrected chi connectivity index (χ3v) is 5.73. The summed E-state index contributed by atoms with van der Waals surface area (Å²) in [5.74, 6) is 1.72. The quantitative estimate of drug-likeness (QED) is 0.438. The second-order valence-electron chi connectivity index (χ2n) is 7.29. The summed E-state index contributed by atoms with van der Waals surface area (Å²) < 4.78 is 0. The van der Waals surface area contributed by atoms with Crippen molar-refractivity contribution in [1.29, 1.82) is 0 Å². The highest BCUT2D eigenvalue weighted by Gasteiger charge is 2.29. The summed E-state index contributed by atoms with van der Waals surface area (Å²) in [5.41, 5.74) is 4.31. The van der Waals surface area contributed by atoms with Gasteiger partial charge in [-0.3, -0.25) is 0 Å². The second-order valence-corrected chi connectivity index (χ2v) is 7.29. The molecule has 2 aliphatic heterocycles. The van der Waals surface area contributed by atoms with E-state index < -0.39 is 0 Å². The zero-order valence-corrected chi connectivity index (χ0v) is 15.7. The van der Waals surface area contributed by atoms with Gasteiger partial charge in [-0.05, 0) is 35.0 Å². The zero-order chi connectivity index (χ0) is 18.8. The Morgan fingerprint density at radius 3 is 1.36 bits per heavy atom. The minimum absolute atomic E-state index is 0.861. The molecule has 0 aliphatic carbocycles. The molecule has 28 heavy (non-hydrogen) atoms. The highest BCUT2D eigenvalue weighted by atomic mass is 15.3. The maximum atomic E-state index is 5.03. The molecule has 0 spiro atoms. The van der Waals surface area contributed by atoms with E-state index in [1.165, 1.54) is 21.5 Å². The summed E-state index contributed by atoms with van der Waals surface area (Å²) in [4.78, 5) is 14.4. The van der Waals surface area contributed by atoms with Crippen LogP contribution in [0, 0.1) is 0 Å². The van der Waals surface area contributed by atoms with E-state index in [1.54, 1.807) is 0 Å². The van der Waals surface area contributed by atoms with Crippen molar-refractivity contribution in [2.75, 3.05) is 23.9 Å². The number of amidine groups is 2. The Morgan fingerprint density at radius 1 is 0.536 bits per heavy atom. The second kappa shape index (κ2) is 5.42. The van der Waals surface area contributed by atoms with E-state index in [0.29, 0.717) is 0 Å². The average Bonchev–Trinajstić information content (AvgIpc) is 2.73. The SMILES string of the molecule is CN1C(C2=Nc3cccc4cccc(c34)N2C)=Nc2cccc3cccc1c23. The van der Waals surface area contributed by atoms with Gasteiger partial charge in [-0.2, -0.15) is 0 Å². The molecule has 0 saturated carbocycles. The highest BCUT2D eigenvalue weighted by molar-refractivity contribution is 6.52. The fourth-order valence-electron chi connectivity index (χ4n) is 4.36. The lowest BCUT2D eigenvalue weighted by Gasteiger charge is -2.34. The number of nitrogens with zero attached hydrogens (tertiary/aromatic N) is 4. The molecule has 0 radical (unpaired) electrons. The number of aliphatic imine (C=N–C) groups is 2. The number of likely N-dealkylation sites (N-methyl/N-ethyl adjacent to an activating group) is 2. The number of anilines is 2. The Labute approximate surface area is 163 Å². The van der Waals surface area contributed by atoms with Gasteiger partial charge in [0, 0.05) is 24.9 Å². The first kappa shape index (κ1) is 15.4. The van der Waals surface area contributed by atoms with E-state index in [9.17, 15) is 0 Å². The Balaban J connectivity index is 1.61. The standard InChI is InChI=1S/C24H18N4/c1-27-19-13-5-9-15-7-3-11-17(21(15)19)25-23(27)24-26-18-12-4-8-16-10-6-14-20(22(16)18)28(24)2/h3-14H,1-2H3. The maximum absolute atomic E-state index is 5.03. The van der Waals surface area contributed by atoms with Gasteiger partial charge in [-0.15, -0.1) is 0 Å². The summed E-state index contributed by atoms with van der Waals surface area (Å²) in [6.07, 6.45) is 0. The molecule has 0 fully saturated rings. The summed E-state index contributed by atoms with van der Waals surface area (Å²) in [5, 5.41) is 4.80. The largest absolute Gasteiger partial charge is 0.326 e. The number of hydrogen-bond donors (Lipinski definition) is 0. The lowest BCUT2D eigenvalue weighted by Crippen LogP contribution is -2.44. The van der Waals surface area contributed by atoms with Crippen LogP contribution in [0.5, 0.6) is 0 Å². The number of rotatable bonds is 1. The van der Waals surface area contributed by atoms with Gasteiger partial charge in [0.1, 0.15) is 0 Å². The smallest absolute Gasteiger partial charge is 0.177 e. The van der Waals surface area contributed by atoms with E-state index in [-0.39, 0.29) is 0 Å². The van der Waals surface area contributed by atoms with Gasteiger partial charge >= 0.3 is 0 Å². The molecule has 2 heterocycles. The minimum Gasteiger partial charge on any atom is -0.326 e. The molecule has 0 aromatic heterocycles. The Morgan fingerprint density at radius 2 is 0.929 bits per heavy atom. The molecular formula is C24H18N4. The van der Waals surface area contributed by atoms with E-state index in [2.05, 4.69) is 96.7 Å². The van der Waals surface area contributed by atoms with Crippen molar-refractivity contribution in [2.24, 2.45) is 9.98 Å². The van der Waals surface area contributed by atoms with E-state index in [1.807, 2.05) is 0 Å². The minimum atomic E-state index is 0.861. The molecule has 4 nitrogen and oxygen atoms in total. The summed E-state index contributed by atoms with van der Waals surface area (Å²) in [6.45, 7) is 0. The fraction of sp³-hybridized carbons (Fsp3) is 0.0833. The number of hydrogen-bond acceptors (Lipinski definition) is 4. The molecule has 134 valence electrons. The average molecular weight is 362 g/mol. The topological polar surface area (TPSA) is 31.2 Å². The van der Waals surface area contributed by atoms with Crippen LogP contribution in [-0.2, 0) is 0 Å². The first-order valence-electron chi connectivity index (χ1n) is 9.41. The molecule has 6 rings (SSSR count). The molecule has 0 atom stereocenters. The van der Waals surface area contributed by atoms with Crippen LogP contribution in [0.25, 0.3) is 21.5 Å². The predicted octanol–water partition coefficient (Wildman–Crippen LogP) is 5.65. The molecule has 0 unspecified atom stereocenters. The van der Waals surface area contributed by atoms with Crippen LogP contribution in [0.15, 0.2) is 82.8 Å². The van der Waals surface area contributed by atoms with Crippen LogP contribution in [0.1, 0.15) is 0 Å². The lowest BCUT2D eigenvalue weighted by atomic mass is 10.0. The predicted molar refractivity (Wildman–Crippen MR) is 119 cm³/mol.